The molecule has 0 aliphatic rings. The van der Waals surface area contributed by atoms with Crippen LogP contribution in [-0.4, -0.2) is 33.6 Å². The Morgan fingerprint density at radius 1 is 1.25 bits per heavy atom. The van der Waals surface area contributed by atoms with Crippen molar-refractivity contribution in [1.29, 1.82) is 0 Å². The summed E-state index contributed by atoms with van der Waals surface area (Å²) in [6, 6.07) is 6.37. The van der Waals surface area contributed by atoms with Gasteiger partial charge in [0.25, 0.3) is 0 Å². The highest BCUT2D eigenvalue weighted by Crippen LogP contribution is 2.19. The average Bonchev–Trinajstić information content (AvgIpc) is 2.33. The fourth-order valence-corrected chi connectivity index (χ4v) is 2.38. The highest BCUT2D eigenvalue weighted by atomic mass is 32.2. The number of alkyl halides is 2. The lowest BCUT2D eigenvalue weighted by molar-refractivity contribution is -0.0498. The van der Waals surface area contributed by atoms with Crippen molar-refractivity contribution in [3.8, 4) is 5.75 Å². The standard InChI is InChI=1S/C13H19F2NO3S/c1-10(16-8-3-9-20(2,17)18)11-4-6-12(7-5-11)19-13(14)15/h4-7,10,13,16H,3,8-9H2,1-2H3. The third-order valence-electron chi connectivity index (χ3n) is 2.75. The SMILES string of the molecule is CC(NCCCS(C)(=O)=O)c1ccc(OC(F)F)cc1. The fraction of sp³-hybridized carbons (Fsp3) is 0.538. The summed E-state index contributed by atoms with van der Waals surface area (Å²) in [7, 11) is -2.93. The summed E-state index contributed by atoms with van der Waals surface area (Å²) in [6.45, 7) is -0.333. The van der Waals surface area contributed by atoms with Gasteiger partial charge >= 0.3 is 6.61 Å². The zero-order chi connectivity index (χ0) is 15.2. The Kier molecular flexibility index (Phi) is 6.35. The van der Waals surface area contributed by atoms with Gasteiger partial charge in [-0.15, -0.1) is 0 Å². The number of benzene rings is 1. The Hall–Kier alpha value is -1.21. The molecule has 0 aliphatic heterocycles. The molecule has 1 unspecified atom stereocenters. The molecule has 4 nitrogen and oxygen atoms in total. The Balaban J connectivity index is 2.41. The highest BCUT2D eigenvalue weighted by Gasteiger charge is 2.08. The molecule has 20 heavy (non-hydrogen) atoms. The molecule has 0 radical (unpaired) electrons. The van der Waals surface area contributed by atoms with E-state index in [1.54, 1.807) is 12.1 Å². The predicted molar refractivity (Wildman–Crippen MR) is 73.8 cm³/mol. The number of halogens is 2. The number of hydrogen-bond donors (Lipinski definition) is 1. The molecular weight excluding hydrogens is 288 g/mol. The molecule has 114 valence electrons. The van der Waals surface area contributed by atoms with E-state index in [1.165, 1.54) is 18.4 Å². The van der Waals surface area contributed by atoms with Crippen LogP contribution in [0.15, 0.2) is 24.3 Å². The first-order valence-corrected chi connectivity index (χ1v) is 8.30. The number of hydrogen-bond acceptors (Lipinski definition) is 4. The van der Waals surface area contributed by atoms with Gasteiger partial charge in [-0.2, -0.15) is 8.78 Å². The normalized spacial score (nSPS) is 13.4. The van der Waals surface area contributed by atoms with Gasteiger partial charge in [0.05, 0.1) is 5.75 Å². The monoisotopic (exact) mass is 307 g/mol. The van der Waals surface area contributed by atoms with Gasteiger partial charge in [0, 0.05) is 12.3 Å². The summed E-state index contributed by atoms with van der Waals surface area (Å²) in [5.74, 6) is 0.265. The zero-order valence-corrected chi connectivity index (χ0v) is 12.3. The number of ether oxygens (including phenoxy) is 1. The number of nitrogens with one attached hydrogen (secondary N) is 1. The van der Waals surface area contributed by atoms with E-state index >= 15 is 0 Å². The Labute approximate surface area is 118 Å². The van der Waals surface area contributed by atoms with Gasteiger partial charge in [0.15, 0.2) is 0 Å². The Bertz CT molecular complexity index is 503. The summed E-state index contributed by atoms with van der Waals surface area (Å²) >= 11 is 0. The molecular formula is C13H19F2NO3S. The third kappa shape index (κ3) is 6.81. The van der Waals surface area contributed by atoms with Crippen LogP contribution in [0, 0.1) is 0 Å². The second-order valence-corrected chi connectivity index (χ2v) is 6.87. The number of sulfone groups is 1. The van der Waals surface area contributed by atoms with Crippen LogP contribution in [0.3, 0.4) is 0 Å². The molecule has 0 saturated carbocycles. The van der Waals surface area contributed by atoms with E-state index in [1.807, 2.05) is 6.92 Å². The molecule has 0 saturated heterocycles. The minimum atomic E-state index is -2.93. The maximum Gasteiger partial charge on any atom is 0.387 e. The van der Waals surface area contributed by atoms with E-state index in [0.717, 1.165) is 5.56 Å². The molecule has 1 aromatic rings. The van der Waals surface area contributed by atoms with E-state index < -0.39 is 16.4 Å². The van der Waals surface area contributed by atoms with Crippen molar-refractivity contribution in [1.82, 2.24) is 5.32 Å². The van der Waals surface area contributed by atoms with Crippen molar-refractivity contribution in [3.05, 3.63) is 29.8 Å². The molecule has 0 spiro atoms. The van der Waals surface area contributed by atoms with Crippen molar-refractivity contribution in [2.24, 2.45) is 0 Å². The number of rotatable bonds is 8. The van der Waals surface area contributed by atoms with Crippen LogP contribution in [0.4, 0.5) is 8.78 Å². The molecule has 1 rings (SSSR count). The van der Waals surface area contributed by atoms with E-state index in [0.29, 0.717) is 13.0 Å². The smallest absolute Gasteiger partial charge is 0.387 e. The summed E-state index contributed by atoms with van der Waals surface area (Å²) in [4.78, 5) is 0. The Morgan fingerprint density at radius 2 is 1.85 bits per heavy atom. The molecule has 0 bridgehead atoms. The fourth-order valence-electron chi connectivity index (χ4n) is 1.71. The molecule has 1 N–H and O–H groups in total. The topological polar surface area (TPSA) is 55.4 Å². The lowest BCUT2D eigenvalue weighted by atomic mass is 10.1. The van der Waals surface area contributed by atoms with Crippen LogP contribution in [0.25, 0.3) is 0 Å². The summed E-state index contributed by atoms with van der Waals surface area (Å²) < 4.78 is 50.2. The maximum absolute atomic E-state index is 12.0. The molecule has 0 aliphatic carbocycles. The molecule has 0 amide bonds. The second kappa shape index (κ2) is 7.54. The molecule has 0 heterocycles. The van der Waals surface area contributed by atoms with Gasteiger partial charge in [-0.3, -0.25) is 0 Å². The zero-order valence-electron chi connectivity index (χ0n) is 11.5. The third-order valence-corrected chi connectivity index (χ3v) is 3.78. The molecule has 1 atom stereocenters. The Morgan fingerprint density at radius 3 is 2.35 bits per heavy atom. The van der Waals surface area contributed by atoms with E-state index in [4.69, 9.17) is 0 Å². The summed E-state index contributed by atoms with van der Waals surface area (Å²) in [5, 5.41) is 3.18. The van der Waals surface area contributed by atoms with Crippen LogP contribution in [0.1, 0.15) is 24.9 Å². The minimum Gasteiger partial charge on any atom is -0.435 e. The summed E-state index contributed by atoms with van der Waals surface area (Å²) in [5.41, 5.74) is 0.922. The largest absolute Gasteiger partial charge is 0.435 e. The lowest BCUT2D eigenvalue weighted by Gasteiger charge is -2.14. The van der Waals surface area contributed by atoms with Crippen LogP contribution in [0.2, 0.25) is 0 Å². The molecule has 7 heteroatoms. The first-order valence-electron chi connectivity index (χ1n) is 6.24. The van der Waals surface area contributed by atoms with Crippen LogP contribution in [0.5, 0.6) is 5.75 Å². The van der Waals surface area contributed by atoms with E-state index in [-0.39, 0.29) is 17.5 Å². The van der Waals surface area contributed by atoms with Crippen molar-refractivity contribution in [2.45, 2.75) is 26.0 Å². The van der Waals surface area contributed by atoms with Crippen LogP contribution < -0.4 is 10.1 Å². The van der Waals surface area contributed by atoms with Crippen molar-refractivity contribution in [3.63, 3.8) is 0 Å². The van der Waals surface area contributed by atoms with Crippen LogP contribution >= 0.6 is 0 Å². The van der Waals surface area contributed by atoms with Crippen molar-refractivity contribution in [2.75, 3.05) is 18.6 Å². The van der Waals surface area contributed by atoms with Gasteiger partial charge in [0.1, 0.15) is 15.6 Å². The summed E-state index contributed by atoms with van der Waals surface area (Å²) in [6.07, 6.45) is 1.74. The first-order chi connectivity index (χ1) is 9.28. The van der Waals surface area contributed by atoms with Gasteiger partial charge in [0.2, 0.25) is 0 Å². The minimum absolute atomic E-state index is 0.00941. The van der Waals surface area contributed by atoms with Gasteiger partial charge < -0.3 is 10.1 Å². The van der Waals surface area contributed by atoms with Crippen molar-refractivity contribution < 1.29 is 21.9 Å². The second-order valence-electron chi connectivity index (χ2n) is 4.61. The van der Waals surface area contributed by atoms with Crippen molar-refractivity contribution >= 4 is 9.84 Å². The molecule has 0 fully saturated rings. The van der Waals surface area contributed by atoms with Gasteiger partial charge in [-0.05, 0) is 37.6 Å². The van der Waals surface area contributed by atoms with Crippen LogP contribution in [-0.2, 0) is 9.84 Å². The average molecular weight is 307 g/mol. The highest BCUT2D eigenvalue weighted by molar-refractivity contribution is 7.90. The quantitative estimate of drug-likeness (QED) is 0.749. The van der Waals surface area contributed by atoms with Gasteiger partial charge in [-0.1, -0.05) is 12.1 Å². The molecule has 0 aromatic heterocycles. The lowest BCUT2D eigenvalue weighted by Crippen LogP contribution is -2.21. The first kappa shape index (κ1) is 16.8. The molecule has 1 aromatic carbocycles. The van der Waals surface area contributed by atoms with E-state index in [9.17, 15) is 17.2 Å². The van der Waals surface area contributed by atoms with E-state index in [2.05, 4.69) is 10.1 Å². The maximum atomic E-state index is 12.0. The van der Waals surface area contributed by atoms with Gasteiger partial charge in [-0.25, -0.2) is 8.42 Å². The predicted octanol–water partition coefficient (Wildman–Crippen LogP) is 2.37.